The second kappa shape index (κ2) is 6.86. The SMILES string of the molecule is CCCn1c(C)nnc1CNc1cc(C)n(-c2ccc(C)cc2)n1. The van der Waals surface area contributed by atoms with Crippen LogP contribution in [0.4, 0.5) is 5.82 Å². The molecule has 0 unspecified atom stereocenters. The summed E-state index contributed by atoms with van der Waals surface area (Å²) in [6.07, 6.45) is 1.06. The van der Waals surface area contributed by atoms with E-state index in [1.807, 2.05) is 17.7 Å². The quantitative estimate of drug-likeness (QED) is 0.755. The van der Waals surface area contributed by atoms with Crippen LogP contribution >= 0.6 is 0 Å². The molecule has 0 aliphatic carbocycles. The molecule has 24 heavy (non-hydrogen) atoms. The van der Waals surface area contributed by atoms with Crippen LogP contribution in [0, 0.1) is 20.8 Å². The molecule has 2 aromatic heterocycles. The Kier molecular flexibility index (Phi) is 4.64. The van der Waals surface area contributed by atoms with Gasteiger partial charge in [0.2, 0.25) is 0 Å². The average Bonchev–Trinajstić information content (AvgIpc) is 3.10. The maximum Gasteiger partial charge on any atom is 0.152 e. The molecule has 0 saturated carbocycles. The Morgan fingerprint density at radius 1 is 1.04 bits per heavy atom. The van der Waals surface area contributed by atoms with Crippen molar-refractivity contribution in [3.63, 3.8) is 0 Å². The van der Waals surface area contributed by atoms with Crippen molar-refractivity contribution in [2.24, 2.45) is 0 Å². The van der Waals surface area contributed by atoms with Gasteiger partial charge in [-0.2, -0.15) is 5.10 Å². The number of hydrogen-bond acceptors (Lipinski definition) is 4. The van der Waals surface area contributed by atoms with Gasteiger partial charge >= 0.3 is 0 Å². The van der Waals surface area contributed by atoms with Gasteiger partial charge in [-0.15, -0.1) is 10.2 Å². The van der Waals surface area contributed by atoms with Crippen LogP contribution in [0.5, 0.6) is 0 Å². The van der Waals surface area contributed by atoms with Crippen molar-refractivity contribution in [2.75, 3.05) is 5.32 Å². The molecule has 6 heteroatoms. The fraction of sp³-hybridized carbons (Fsp3) is 0.389. The van der Waals surface area contributed by atoms with Gasteiger partial charge in [-0.05, 0) is 39.3 Å². The molecule has 2 heterocycles. The summed E-state index contributed by atoms with van der Waals surface area (Å²) in [5.41, 5.74) is 3.40. The first-order chi connectivity index (χ1) is 11.6. The van der Waals surface area contributed by atoms with Crippen LogP contribution in [-0.4, -0.2) is 24.5 Å². The van der Waals surface area contributed by atoms with Crippen LogP contribution in [0.1, 0.15) is 36.3 Å². The van der Waals surface area contributed by atoms with Crippen molar-refractivity contribution in [1.82, 2.24) is 24.5 Å². The van der Waals surface area contributed by atoms with Gasteiger partial charge in [0, 0.05) is 18.3 Å². The zero-order valence-corrected chi connectivity index (χ0v) is 14.7. The van der Waals surface area contributed by atoms with E-state index in [1.54, 1.807) is 0 Å². The second-order valence-corrected chi connectivity index (χ2v) is 6.09. The molecule has 0 radical (unpaired) electrons. The molecular formula is C18H24N6. The fourth-order valence-electron chi connectivity index (χ4n) is 2.75. The van der Waals surface area contributed by atoms with Crippen molar-refractivity contribution in [2.45, 2.75) is 47.2 Å². The van der Waals surface area contributed by atoms with E-state index in [0.717, 1.165) is 41.8 Å². The molecule has 3 aromatic rings. The van der Waals surface area contributed by atoms with Crippen molar-refractivity contribution < 1.29 is 0 Å². The number of hydrogen-bond donors (Lipinski definition) is 1. The van der Waals surface area contributed by atoms with Crippen molar-refractivity contribution in [3.8, 4) is 5.69 Å². The maximum atomic E-state index is 4.66. The summed E-state index contributed by atoms with van der Waals surface area (Å²) in [5, 5.41) is 16.5. The van der Waals surface area contributed by atoms with Gasteiger partial charge in [0.15, 0.2) is 5.82 Å². The van der Waals surface area contributed by atoms with E-state index in [9.17, 15) is 0 Å². The summed E-state index contributed by atoms with van der Waals surface area (Å²) in [4.78, 5) is 0. The van der Waals surface area contributed by atoms with E-state index in [2.05, 4.69) is 70.2 Å². The number of aryl methyl sites for hydroxylation is 3. The minimum absolute atomic E-state index is 0.616. The fourth-order valence-corrected chi connectivity index (χ4v) is 2.75. The van der Waals surface area contributed by atoms with Crippen LogP contribution < -0.4 is 5.32 Å². The van der Waals surface area contributed by atoms with Gasteiger partial charge < -0.3 is 9.88 Å². The highest BCUT2D eigenvalue weighted by Crippen LogP contribution is 2.16. The van der Waals surface area contributed by atoms with Crippen LogP contribution in [0.15, 0.2) is 30.3 Å². The molecule has 0 aliphatic heterocycles. The molecule has 126 valence electrons. The number of benzene rings is 1. The van der Waals surface area contributed by atoms with E-state index in [1.165, 1.54) is 5.56 Å². The van der Waals surface area contributed by atoms with E-state index >= 15 is 0 Å². The van der Waals surface area contributed by atoms with Crippen LogP contribution in [-0.2, 0) is 13.1 Å². The maximum absolute atomic E-state index is 4.66. The summed E-state index contributed by atoms with van der Waals surface area (Å²) in [6, 6.07) is 10.4. The molecule has 1 N–H and O–H groups in total. The topological polar surface area (TPSA) is 60.6 Å². The zero-order chi connectivity index (χ0) is 17.1. The van der Waals surface area contributed by atoms with E-state index in [-0.39, 0.29) is 0 Å². The number of rotatable bonds is 6. The third kappa shape index (κ3) is 3.32. The van der Waals surface area contributed by atoms with Crippen molar-refractivity contribution in [1.29, 1.82) is 0 Å². The van der Waals surface area contributed by atoms with Gasteiger partial charge in [-0.1, -0.05) is 24.6 Å². The Morgan fingerprint density at radius 2 is 1.79 bits per heavy atom. The molecule has 0 bridgehead atoms. The molecule has 0 fully saturated rings. The standard InChI is InChI=1S/C18H24N6/c1-5-10-23-15(4)20-21-18(23)12-19-17-11-14(3)24(22-17)16-8-6-13(2)7-9-16/h6-9,11H,5,10,12H2,1-4H3,(H,19,22). The Balaban J connectivity index is 1.75. The largest absolute Gasteiger partial charge is 0.361 e. The lowest BCUT2D eigenvalue weighted by atomic mass is 10.2. The Labute approximate surface area is 142 Å². The highest BCUT2D eigenvalue weighted by atomic mass is 15.3. The summed E-state index contributed by atoms with van der Waals surface area (Å²) in [5.74, 6) is 2.74. The Bertz CT molecular complexity index is 813. The predicted molar refractivity (Wildman–Crippen MR) is 95.4 cm³/mol. The van der Waals surface area contributed by atoms with Gasteiger partial charge in [-0.25, -0.2) is 4.68 Å². The lowest BCUT2D eigenvalue weighted by molar-refractivity contribution is 0.627. The summed E-state index contributed by atoms with van der Waals surface area (Å²) in [6.45, 7) is 9.84. The molecule has 0 aliphatic rings. The first kappa shape index (κ1) is 16.2. The van der Waals surface area contributed by atoms with Gasteiger partial charge in [0.25, 0.3) is 0 Å². The molecule has 0 spiro atoms. The monoisotopic (exact) mass is 324 g/mol. The third-order valence-corrected chi connectivity index (χ3v) is 4.05. The highest BCUT2D eigenvalue weighted by Gasteiger charge is 2.10. The molecule has 0 amide bonds. The van der Waals surface area contributed by atoms with E-state index in [4.69, 9.17) is 0 Å². The van der Waals surface area contributed by atoms with Gasteiger partial charge in [0.1, 0.15) is 11.6 Å². The summed E-state index contributed by atoms with van der Waals surface area (Å²) < 4.78 is 4.10. The number of nitrogens with one attached hydrogen (secondary N) is 1. The number of aromatic nitrogens is 5. The summed E-state index contributed by atoms with van der Waals surface area (Å²) >= 11 is 0. The minimum atomic E-state index is 0.616. The smallest absolute Gasteiger partial charge is 0.152 e. The highest BCUT2D eigenvalue weighted by molar-refractivity contribution is 5.42. The molecule has 1 aromatic carbocycles. The normalized spacial score (nSPS) is 11.0. The number of nitrogens with zero attached hydrogens (tertiary/aromatic N) is 5. The lowest BCUT2D eigenvalue weighted by Crippen LogP contribution is -2.10. The molecule has 6 nitrogen and oxygen atoms in total. The first-order valence-electron chi connectivity index (χ1n) is 8.34. The van der Waals surface area contributed by atoms with Gasteiger partial charge in [0.05, 0.1) is 12.2 Å². The van der Waals surface area contributed by atoms with Crippen LogP contribution in [0.3, 0.4) is 0 Å². The van der Waals surface area contributed by atoms with Gasteiger partial charge in [-0.3, -0.25) is 0 Å². The summed E-state index contributed by atoms with van der Waals surface area (Å²) in [7, 11) is 0. The Hall–Kier alpha value is -2.63. The van der Waals surface area contributed by atoms with Crippen LogP contribution in [0.2, 0.25) is 0 Å². The van der Waals surface area contributed by atoms with E-state index in [0.29, 0.717) is 6.54 Å². The average molecular weight is 324 g/mol. The first-order valence-corrected chi connectivity index (χ1v) is 8.34. The molecule has 0 saturated heterocycles. The van der Waals surface area contributed by atoms with Crippen molar-refractivity contribution >= 4 is 5.82 Å². The molecule has 3 rings (SSSR count). The second-order valence-electron chi connectivity index (χ2n) is 6.09. The minimum Gasteiger partial charge on any atom is -0.361 e. The predicted octanol–water partition coefficient (Wildman–Crippen LogP) is 3.41. The number of anilines is 1. The van der Waals surface area contributed by atoms with E-state index < -0.39 is 0 Å². The zero-order valence-electron chi connectivity index (χ0n) is 14.7. The lowest BCUT2D eigenvalue weighted by Gasteiger charge is -2.07. The Morgan fingerprint density at radius 3 is 2.50 bits per heavy atom. The van der Waals surface area contributed by atoms with Crippen molar-refractivity contribution in [3.05, 3.63) is 53.2 Å². The molecular weight excluding hydrogens is 300 g/mol. The third-order valence-electron chi connectivity index (χ3n) is 4.05. The van der Waals surface area contributed by atoms with Crippen LogP contribution in [0.25, 0.3) is 5.69 Å². The molecule has 0 atom stereocenters.